The van der Waals surface area contributed by atoms with E-state index in [-0.39, 0.29) is 28.5 Å². The van der Waals surface area contributed by atoms with Gasteiger partial charge in [0.15, 0.2) is 0 Å². The fourth-order valence-electron chi connectivity index (χ4n) is 2.43. The lowest BCUT2D eigenvalue weighted by Gasteiger charge is -2.10. The number of urea groups is 1. The zero-order valence-electron chi connectivity index (χ0n) is 14.1. The molecule has 28 heavy (non-hydrogen) atoms. The van der Waals surface area contributed by atoms with Gasteiger partial charge in [-0.2, -0.15) is 18.3 Å². The lowest BCUT2D eigenvalue weighted by Crippen LogP contribution is -2.19. The Morgan fingerprint density at radius 3 is 2.54 bits per heavy atom. The first-order valence-corrected chi connectivity index (χ1v) is 8.31. The first-order chi connectivity index (χ1) is 13.2. The highest BCUT2D eigenvalue weighted by Gasteiger charge is 2.30. The van der Waals surface area contributed by atoms with Crippen LogP contribution in [0.1, 0.15) is 11.1 Å². The van der Waals surface area contributed by atoms with Gasteiger partial charge in [0.1, 0.15) is 5.82 Å². The molecule has 3 rings (SSSR count). The van der Waals surface area contributed by atoms with Crippen LogP contribution in [0.4, 0.5) is 33.7 Å². The zero-order valence-corrected chi connectivity index (χ0v) is 14.9. The normalized spacial score (nSPS) is 11.3. The Morgan fingerprint density at radius 2 is 1.82 bits per heavy atom. The van der Waals surface area contributed by atoms with Crippen molar-refractivity contribution in [2.45, 2.75) is 12.7 Å². The molecule has 0 bridgehead atoms. The molecule has 0 saturated heterocycles. The predicted molar refractivity (Wildman–Crippen MR) is 96.8 cm³/mol. The molecule has 2 aromatic carbocycles. The largest absolute Gasteiger partial charge is 0.416 e. The van der Waals surface area contributed by atoms with Crippen LogP contribution < -0.4 is 10.6 Å². The highest BCUT2D eigenvalue weighted by atomic mass is 35.5. The fraction of sp³-hybridized carbons (Fsp3) is 0.111. The molecule has 0 spiro atoms. The first-order valence-electron chi connectivity index (χ1n) is 7.93. The van der Waals surface area contributed by atoms with Gasteiger partial charge in [-0.05, 0) is 30.3 Å². The van der Waals surface area contributed by atoms with Crippen LogP contribution in [0.3, 0.4) is 0 Å². The number of nitrogens with zero attached hydrogens (tertiary/aromatic N) is 2. The van der Waals surface area contributed by atoms with Gasteiger partial charge in [0.05, 0.1) is 24.0 Å². The summed E-state index contributed by atoms with van der Waals surface area (Å²) in [6.45, 7) is 0.0441. The lowest BCUT2D eigenvalue weighted by molar-refractivity contribution is -0.137. The van der Waals surface area contributed by atoms with Crippen LogP contribution in [0.2, 0.25) is 5.02 Å². The van der Waals surface area contributed by atoms with Crippen LogP contribution in [-0.4, -0.2) is 15.8 Å². The second-order valence-corrected chi connectivity index (χ2v) is 6.19. The van der Waals surface area contributed by atoms with E-state index in [0.717, 1.165) is 12.1 Å². The number of halogens is 5. The molecule has 146 valence electrons. The highest BCUT2D eigenvalue weighted by molar-refractivity contribution is 6.31. The van der Waals surface area contributed by atoms with Crippen molar-refractivity contribution in [3.63, 3.8) is 0 Å². The highest BCUT2D eigenvalue weighted by Crippen LogP contribution is 2.30. The number of benzene rings is 2. The van der Waals surface area contributed by atoms with Crippen molar-refractivity contribution in [3.05, 3.63) is 76.8 Å². The molecule has 2 N–H and O–H groups in total. The number of hydrogen-bond acceptors (Lipinski definition) is 2. The van der Waals surface area contributed by atoms with E-state index in [1.54, 1.807) is 6.07 Å². The Labute approximate surface area is 161 Å². The van der Waals surface area contributed by atoms with Crippen molar-refractivity contribution in [2.24, 2.45) is 0 Å². The Morgan fingerprint density at radius 1 is 1.11 bits per heavy atom. The Hall–Kier alpha value is -3.07. The standard InChI is InChI=1S/C18H13ClF4N4O/c19-15-5-2-6-16(20)14(15)10-27-9-13(8-24-27)26-17(28)25-12-4-1-3-11(7-12)18(21,22)23/h1-9H,10H2,(H2,25,26,28). The molecular weight excluding hydrogens is 400 g/mol. The van der Waals surface area contributed by atoms with E-state index in [4.69, 9.17) is 11.6 Å². The maximum absolute atomic E-state index is 13.8. The minimum atomic E-state index is -4.51. The molecule has 0 aliphatic rings. The zero-order chi connectivity index (χ0) is 20.3. The Kier molecular flexibility index (Phi) is 5.55. The summed E-state index contributed by atoms with van der Waals surface area (Å²) >= 11 is 5.96. The monoisotopic (exact) mass is 412 g/mol. The van der Waals surface area contributed by atoms with Crippen LogP contribution in [0, 0.1) is 5.82 Å². The third-order valence-electron chi connectivity index (χ3n) is 3.72. The number of rotatable bonds is 4. The minimum Gasteiger partial charge on any atom is -0.308 e. The molecule has 2 amide bonds. The molecule has 0 fully saturated rings. The van der Waals surface area contributed by atoms with E-state index in [1.165, 1.54) is 41.3 Å². The van der Waals surface area contributed by atoms with Crippen LogP contribution in [0.5, 0.6) is 0 Å². The van der Waals surface area contributed by atoms with E-state index in [9.17, 15) is 22.4 Å². The van der Waals surface area contributed by atoms with E-state index in [2.05, 4.69) is 15.7 Å². The van der Waals surface area contributed by atoms with Gasteiger partial charge in [-0.1, -0.05) is 23.7 Å². The summed E-state index contributed by atoms with van der Waals surface area (Å²) in [4.78, 5) is 12.0. The molecule has 0 aliphatic heterocycles. The summed E-state index contributed by atoms with van der Waals surface area (Å²) in [7, 11) is 0. The number of carbonyl (C=O) groups excluding carboxylic acids is 1. The van der Waals surface area contributed by atoms with Crippen LogP contribution in [0.15, 0.2) is 54.9 Å². The summed E-state index contributed by atoms with van der Waals surface area (Å²) in [6, 6.07) is 7.80. The van der Waals surface area contributed by atoms with Gasteiger partial charge in [0.25, 0.3) is 0 Å². The Bertz CT molecular complexity index is 983. The number of carbonyl (C=O) groups is 1. The van der Waals surface area contributed by atoms with Gasteiger partial charge in [-0.25, -0.2) is 9.18 Å². The number of aromatic nitrogens is 2. The van der Waals surface area contributed by atoms with Crippen LogP contribution >= 0.6 is 11.6 Å². The third-order valence-corrected chi connectivity index (χ3v) is 4.07. The topological polar surface area (TPSA) is 59.0 Å². The summed E-state index contributed by atoms with van der Waals surface area (Å²) < 4.78 is 53.3. The number of nitrogens with one attached hydrogen (secondary N) is 2. The van der Waals surface area contributed by atoms with Gasteiger partial charge in [-0.15, -0.1) is 0 Å². The van der Waals surface area contributed by atoms with Crippen molar-refractivity contribution in [1.29, 1.82) is 0 Å². The molecular formula is C18H13ClF4N4O. The number of alkyl halides is 3. The van der Waals surface area contributed by atoms with Gasteiger partial charge in [0.2, 0.25) is 0 Å². The molecule has 0 radical (unpaired) electrons. The maximum atomic E-state index is 13.8. The molecule has 10 heteroatoms. The van der Waals surface area contributed by atoms with Crippen molar-refractivity contribution < 1.29 is 22.4 Å². The number of anilines is 2. The summed E-state index contributed by atoms with van der Waals surface area (Å²) in [6.07, 6.45) is -1.75. The van der Waals surface area contributed by atoms with Gasteiger partial charge in [0, 0.05) is 22.5 Å². The van der Waals surface area contributed by atoms with E-state index >= 15 is 0 Å². The summed E-state index contributed by atoms with van der Waals surface area (Å²) in [5.74, 6) is -0.486. The molecule has 0 saturated carbocycles. The summed E-state index contributed by atoms with van der Waals surface area (Å²) in [5.41, 5.74) is -0.373. The minimum absolute atomic E-state index is 0.0159. The number of hydrogen-bond donors (Lipinski definition) is 2. The first kappa shape index (κ1) is 19.7. The number of amides is 2. The van der Waals surface area contributed by atoms with Gasteiger partial charge >= 0.3 is 12.2 Å². The third kappa shape index (κ3) is 4.80. The van der Waals surface area contributed by atoms with Crippen molar-refractivity contribution in [3.8, 4) is 0 Å². The Balaban J connectivity index is 1.64. The molecule has 1 aromatic heterocycles. The quantitative estimate of drug-likeness (QED) is 0.565. The van der Waals surface area contributed by atoms with E-state index in [0.29, 0.717) is 0 Å². The van der Waals surface area contributed by atoms with Crippen LogP contribution in [0.25, 0.3) is 0 Å². The lowest BCUT2D eigenvalue weighted by atomic mass is 10.2. The fourth-order valence-corrected chi connectivity index (χ4v) is 2.65. The SMILES string of the molecule is O=C(Nc1cccc(C(F)(F)F)c1)Nc1cnn(Cc2c(F)cccc2Cl)c1. The van der Waals surface area contributed by atoms with Gasteiger partial charge < -0.3 is 10.6 Å². The average molecular weight is 413 g/mol. The molecule has 5 nitrogen and oxygen atoms in total. The molecule has 0 unspecified atom stereocenters. The average Bonchev–Trinajstić information content (AvgIpc) is 3.04. The smallest absolute Gasteiger partial charge is 0.308 e. The van der Waals surface area contributed by atoms with Crippen molar-refractivity contribution in [2.75, 3.05) is 10.6 Å². The van der Waals surface area contributed by atoms with E-state index < -0.39 is 23.6 Å². The predicted octanol–water partition coefficient (Wildman–Crippen LogP) is 5.39. The molecule has 0 atom stereocenters. The molecule has 1 heterocycles. The van der Waals surface area contributed by atoms with Gasteiger partial charge in [-0.3, -0.25) is 4.68 Å². The summed E-state index contributed by atoms with van der Waals surface area (Å²) in [5, 5.41) is 9.00. The maximum Gasteiger partial charge on any atom is 0.416 e. The van der Waals surface area contributed by atoms with Crippen LogP contribution in [-0.2, 0) is 12.7 Å². The second-order valence-electron chi connectivity index (χ2n) is 5.78. The second kappa shape index (κ2) is 7.89. The molecule has 0 aliphatic carbocycles. The van der Waals surface area contributed by atoms with Crippen molar-refractivity contribution >= 4 is 29.0 Å². The van der Waals surface area contributed by atoms with E-state index in [1.807, 2.05) is 0 Å². The van der Waals surface area contributed by atoms with Crippen molar-refractivity contribution in [1.82, 2.24) is 9.78 Å². The molecule has 3 aromatic rings.